The van der Waals surface area contributed by atoms with Gasteiger partial charge in [-0.05, 0) is 37.1 Å². The lowest BCUT2D eigenvalue weighted by Gasteiger charge is -2.13. The van der Waals surface area contributed by atoms with Crippen molar-refractivity contribution in [1.29, 1.82) is 0 Å². The SMILES string of the molecule is CCCSCC(=O)NC(C)Cc1cccnc1. The Morgan fingerprint density at radius 1 is 1.59 bits per heavy atom. The molecule has 0 fully saturated rings. The molecule has 4 heteroatoms. The Hall–Kier alpha value is -1.03. The molecule has 0 bridgehead atoms. The van der Waals surface area contributed by atoms with Crippen LogP contribution in [-0.4, -0.2) is 28.4 Å². The number of aromatic nitrogens is 1. The normalized spacial score (nSPS) is 12.1. The highest BCUT2D eigenvalue weighted by Gasteiger charge is 2.07. The van der Waals surface area contributed by atoms with Crippen LogP contribution in [0.25, 0.3) is 0 Å². The summed E-state index contributed by atoms with van der Waals surface area (Å²) < 4.78 is 0. The molecule has 0 spiro atoms. The Morgan fingerprint density at radius 2 is 2.41 bits per heavy atom. The number of pyridine rings is 1. The summed E-state index contributed by atoms with van der Waals surface area (Å²) in [4.78, 5) is 15.6. The third-order valence-corrected chi connectivity index (χ3v) is 3.42. The standard InChI is InChI=1S/C13H20N2OS/c1-3-7-17-10-13(16)15-11(2)8-12-5-4-6-14-9-12/h4-6,9,11H,3,7-8,10H2,1-2H3,(H,15,16). The summed E-state index contributed by atoms with van der Waals surface area (Å²) in [6.45, 7) is 4.14. The summed E-state index contributed by atoms with van der Waals surface area (Å²) in [7, 11) is 0. The first-order valence-electron chi connectivity index (χ1n) is 5.98. The van der Waals surface area contributed by atoms with Crippen LogP contribution in [0.5, 0.6) is 0 Å². The Kier molecular flexibility index (Phi) is 6.70. The van der Waals surface area contributed by atoms with Gasteiger partial charge < -0.3 is 5.32 Å². The van der Waals surface area contributed by atoms with Gasteiger partial charge in [-0.15, -0.1) is 0 Å². The smallest absolute Gasteiger partial charge is 0.230 e. The molecule has 1 aromatic heterocycles. The highest BCUT2D eigenvalue weighted by Crippen LogP contribution is 2.03. The predicted molar refractivity (Wildman–Crippen MR) is 73.2 cm³/mol. The Morgan fingerprint density at radius 3 is 3.06 bits per heavy atom. The summed E-state index contributed by atoms with van der Waals surface area (Å²) in [5.41, 5.74) is 1.15. The van der Waals surface area contributed by atoms with Crippen molar-refractivity contribution in [2.24, 2.45) is 0 Å². The van der Waals surface area contributed by atoms with Gasteiger partial charge in [-0.2, -0.15) is 11.8 Å². The molecular formula is C13H20N2OS. The number of hydrogen-bond donors (Lipinski definition) is 1. The number of carbonyl (C=O) groups is 1. The largest absolute Gasteiger partial charge is 0.353 e. The second-order valence-corrected chi connectivity index (χ2v) is 5.19. The molecule has 1 aromatic rings. The van der Waals surface area contributed by atoms with Crippen LogP contribution in [0.15, 0.2) is 24.5 Å². The minimum absolute atomic E-state index is 0.125. The number of thioether (sulfide) groups is 1. The van der Waals surface area contributed by atoms with Gasteiger partial charge in [0.25, 0.3) is 0 Å². The maximum Gasteiger partial charge on any atom is 0.230 e. The van der Waals surface area contributed by atoms with Gasteiger partial charge in [0.15, 0.2) is 0 Å². The first kappa shape index (κ1) is 14.0. The number of amides is 1. The Bertz CT molecular complexity index is 329. The van der Waals surface area contributed by atoms with Crippen LogP contribution in [0.2, 0.25) is 0 Å². The molecule has 0 aliphatic carbocycles. The Labute approximate surface area is 107 Å². The number of nitrogens with one attached hydrogen (secondary N) is 1. The average molecular weight is 252 g/mol. The van der Waals surface area contributed by atoms with Gasteiger partial charge in [0.1, 0.15) is 0 Å². The van der Waals surface area contributed by atoms with Gasteiger partial charge in [-0.25, -0.2) is 0 Å². The molecule has 1 atom stereocenters. The fraction of sp³-hybridized carbons (Fsp3) is 0.538. The molecule has 1 rings (SSSR count). The van der Waals surface area contributed by atoms with Crippen LogP contribution in [-0.2, 0) is 11.2 Å². The lowest BCUT2D eigenvalue weighted by molar-refractivity contribution is -0.119. The molecule has 1 unspecified atom stereocenters. The molecular weight excluding hydrogens is 232 g/mol. The molecule has 3 nitrogen and oxygen atoms in total. The lowest BCUT2D eigenvalue weighted by atomic mass is 10.1. The van der Waals surface area contributed by atoms with Crippen molar-refractivity contribution < 1.29 is 4.79 Å². The molecule has 1 heterocycles. The van der Waals surface area contributed by atoms with Gasteiger partial charge in [0.2, 0.25) is 5.91 Å². The monoisotopic (exact) mass is 252 g/mol. The third kappa shape index (κ3) is 6.31. The minimum atomic E-state index is 0.125. The predicted octanol–water partition coefficient (Wildman–Crippen LogP) is 2.27. The van der Waals surface area contributed by atoms with Gasteiger partial charge in [0.05, 0.1) is 5.75 Å². The van der Waals surface area contributed by atoms with Crippen LogP contribution in [0.3, 0.4) is 0 Å². The zero-order chi connectivity index (χ0) is 12.5. The van der Waals surface area contributed by atoms with E-state index in [4.69, 9.17) is 0 Å². The van der Waals surface area contributed by atoms with Crippen molar-refractivity contribution in [3.8, 4) is 0 Å². The van der Waals surface area contributed by atoms with E-state index >= 15 is 0 Å². The fourth-order valence-electron chi connectivity index (χ4n) is 1.55. The number of nitrogens with zero attached hydrogens (tertiary/aromatic N) is 1. The van der Waals surface area contributed by atoms with E-state index < -0.39 is 0 Å². The van der Waals surface area contributed by atoms with E-state index in [1.54, 1.807) is 18.0 Å². The van der Waals surface area contributed by atoms with E-state index in [0.29, 0.717) is 5.75 Å². The van der Waals surface area contributed by atoms with E-state index in [9.17, 15) is 4.79 Å². The quantitative estimate of drug-likeness (QED) is 0.757. The van der Waals surface area contributed by atoms with Crippen molar-refractivity contribution in [2.75, 3.05) is 11.5 Å². The number of carbonyl (C=O) groups excluding carboxylic acids is 1. The van der Waals surface area contributed by atoms with E-state index in [0.717, 1.165) is 24.2 Å². The zero-order valence-electron chi connectivity index (χ0n) is 10.5. The zero-order valence-corrected chi connectivity index (χ0v) is 11.3. The van der Waals surface area contributed by atoms with Crippen LogP contribution < -0.4 is 5.32 Å². The highest BCUT2D eigenvalue weighted by molar-refractivity contribution is 7.99. The summed E-state index contributed by atoms with van der Waals surface area (Å²) in [6.07, 6.45) is 5.55. The van der Waals surface area contributed by atoms with Crippen molar-refractivity contribution >= 4 is 17.7 Å². The summed E-state index contributed by atoms with van der Waals surface area (Å²) in [6, 6.07) is 4.11. The van der Waals surface area contributed by atoms with Gasteiger partial charge >= 0.3 is 0 Å². The van der Waals surface area contributed by atoms with Crippen LogP contribution in [0, 0.1) is 0 Å². The summed E-state index contributed by atoms with van der Waals surface area (Å²) in [5, 5.41) is 3.00. The van der Waals surface area contributed by atoms with Gasteiger partial charge in [0, 0.05) is 18.4 Å². The molecule has 0 radical (unpaired) electrons. The van der Waals surface area contributed by atoms with E-state index in [2.05, 4.69) is 17.2 Å². The molecule has 17 heavy (non-hydrogen) atoms. The molecule has 0 saturated carbocycles. The first-order valence-corrected chi connectivity index (χ1v) is 7.14. The first-order chi connectivity index (χ1) is 8.22. The average Bonchev–Trinajstić information content (AvgIpc) is 2.30. The number of hydrogen-bond acceptors (Lipinski definition) is 3. The van der Waals surface area contributed by atoms with Crippen molar-refractivity contribution in [3.63, 3.8) is 0 Å². The minimum Gasteiger partial charge on any atom is -0.353 e. The Balaban J connectivity index is 2.25. The third-order valence-electron chi connectivity index (χ3n) is 2.25. The van der Waals surface area contributed by atoms with E-state index in [1.165, 1.54) is 0 Å². The topological polar surface area (TPSA) is 42.0 Å². The molecule has 0 aliphatic rings. The number of rotatable bonds is 7. The fourth-order valence-corrected chi connectivity index (χ4v) is 2.25. The highest BCUT2D eigenvalue weighted by atomic mass is 32.2. The summed E-state index contributed by atoms with van der Waals surface area (Å²) in [5.74, 6) is 1.73. The van der Waals surface area contributed by atoms with Crippen LogP contribution in [0.1, 0.15) is 25.8 Å². The maximum atomic E-state index is 11.6. The molecule has 0 saturated heterocycles. The van der Waals surface area contributed by atoms with Crippen molar-refractivity contribution in [3.05, 3.63) is 30.1 Å². The van der Waals surface area contributed by atoms with Crippen molar-refractivity contribution in [1.82, 2.24) is 10.3 Å². The van der Waals surface area contributed by atoms with E-state index in [-0.39, 0.29) is 11.9 Å². The van der Waals surface area contributed by atoms with Crippen molar-refractivity contribution in [2.45, 2.75) is 32.7 Å². The molecule has 1 amide bonds. The van der Waals surface area contributed by atoms with E-state index in [1.807, 2.05) is 25.3 Å². The second kappa shape index (κ2) is 8.12. The molecule has 94 valence electrons. The molecule has 0 aromatic carbocycles. The molecule has 0 aliphatic heterocycles. The van der Waals surface area contributed by atoms with Crippen LogP contribution >= 0.6 is 11.8 Å². The molecule has 1 N–H and O–H groups in total. The summed E-state index contributed by atoms with van der Waals surface area (Å²) >= 11 is 1.69. The van der Waals surface area contributed by atoms with Gasteiger partial charge in [-0.3, -0.25) is 9.78 Å². The van der Waals surface area contributed by atoms with Gasteiger partial charge in [-0.1, -0.05) is 13.0 Å². The van der Waals surface area contributed by atoms with Crippen LogP contribution in [0.4, 0.5) is 0 Å². The second-order valence-electron chi connectivity index (χ2n) is 4.09. The maximum absolute atomic E-state index is 11.6. The lowest BCUT2D eigenvalue weighted by Crippen LogP contribution is -2.35.